The van der Waals surface area contributed by atoms with Crippen LogP contribution in [0.15, 0.2) is 48.5 Å². The van der Waals surface area contributed by atoms with Crippen molar-refractivity contribution in [3.05, 3.63) is 59.8 Å². The van der Waals surface area contributed by atoms with Crippen LogP contribution < -0.4 is 5.32 Å². The van der Waals surface area contributed by atoms with Gasteiger partial charge in [-0.1, -0.05) is 51.1 Å². The van der Waals surface area contributed by atoms with Crippen molar-refractivity contribution in [1.82, 2.24) is 9.78 Å². The highest BCUT2D eigenvalue weighted by Gasteiger charge is 2.33. The molecule has 1 aromatic heterocycles. The molecule has 1 aliphatic rings. The molecule has 1 N–H and O–H groups in total. The van der Waals surface area contributed by atoms with Gasteiger partial charge < -0.3 is 5.32 Å². The van der Waals surface area contributed by atoms with E-state index in [1.54, 1.807) is 10.7 Å². The van der Waals surface area contributed by atoms with E-state index in [0.29, 0.717) is 17.8 Å². The van der Waals surface area contributed by atoms with E-state index in [2.05, 4.69) is 10.4 Å². The lowest BCUT2D eigenvalue weighted by atomic mass is 9.92. The molecule has 152 valence electrons. The number of fused-ring (bicyclic) bond motifs is 1. The number of sulfone groups is 1. The van der Waals surface area contributed by atoms with E-state index >= 15 is 0 Å². The number of carbonyl (C=O) groups excluding carboxylic acids is 1. The number of nitrogens with one attached hydrogen (secondary N) is 1. The van der Waals surface area contributed by atoms with Crippen LogP contribution in [0.5, 0.6) is 0 Å². The molecule has 1 atom stereocenters. The van der Waals surface area contributed by atoms with Gasteiger partial charge in [0.15, 0.2) is 9.84 Å². The molecule has 2 heterocycles. The van der Waals surface area contributed by atoms with Crippen molar-refractivity contribution in [2.24, 2.45) is 0 Å². The highest BCUT2D eigenvalue weighted by atomic mass is 32.2. The van der Waals surface area contributed by atoms with Crippen LogP contribution >= 0.6 is 0 Å². The minimum atomic E-state index is -3.07. The van der Waals surface area contributed by atoms with Crippen molar-refractivity contribution < 1.29 is 13.2 Å². The average Bonchev–Trinajstić information content (AvgIpc) is 3.24. The lowest BCUT2D eigenvalue weighted by molar-refractivity contribution is 0.102. The number of hydrogen-bond donors (Lipinski definition) is 1. The van der Waals surface area contributed by atoms with Crippen molar-refractivity contribution in [2.75, 3.05) is 16.8 Å². The Morgan fingerprint density at radius 3 is 2.48 bits per heavy atom. The number of carbonyl (C=O) groups is 1. The summed E-state index contributed by atoms with van der Waals surface area (Å²) >= 11 is 0. The Morgan fingerprint density at radius 1 is 1.10 bits per heavy atom. The number of amides is 1. The zero-order valence-corrected chi connectivity index (χ0v) is 17.7. The van der Waals surface area contributed by atoms with Crippen LogP contribution in [-0.4, -0.2) is 35.6 Å². The molecular formula is C22H25N3O3S. The first kappa shape index (κ1) is 19.6. The van der Waals surface area contributed by atoms with Crippen LogP contribution in [0.2, 0.25) is 0 Å². The Hall–Kier alpha value is -2.67. The fraction of sp³-hybridized carbons (Fsp3) is 0.364. The minimum absolute atomic E-state index is 0.0527. The van der Waals surface area contributed by atoms with Crippen molar-refractivity contribution in [3.63, 3.8) is 0 Å². The molecule has 0 bridgehead atoms. The third-order valence-electron chi connectivity index (χ3n) is 5.31. The predicted molar refractivity (Wildman–Crippen MR) is 115 cm³/mol. The first-order chi connectivity index (χ1) is 13.6. The highest BCUT2D eigenvalue weighted by molar-refractivity contribution is 7.91. The van der Waals surface area contributed by atoms with Crippen molar-refractivity contribution in [1.29, 1.82) is 0 Å². The summed E-state index contributed by atoms with van der Waals surface area (Å²) in [4.78, 5) is 12.9. The third kappa shape index (κ3) is 4.05. The van der Waals surface area contributed by atoms with Gasteiger partial charge in [-0.25, -0.2) is 13.1 Å². The summed E-state index contributed by atoms with van der Waals surface area (Å²) < 4.78 is 25.6. The third-order valence-corrected chi connectivity index (χ3v) is 7.06. The summed E-state index contributed by atoms with van der Waals surface area (Å²) in [7, 11) is -3.07. The summed E-state index contributed by atoms with van der Waals surface area (Å²) in [6, 6.07) is 15.0. The van der Waals surface area contributed by atoms with Gasteiger partial charge in [0, 0.05) is 17.0 Å². The van der Waals surface area contributed by atoms with Gasteiger partial charge in [0.2, 0.25) is 0 Å². The molecule has 1 fully saturated rings. The van der Waals surface area contributed by atoms with Gasteiger partial charge in [0.25, 0.3) is 5.91 Å². The van der Waals surface area contributed by atoms with E-state index in [1.165, 1.54) is 0 Å². The van der Waals surface area contributed by atoms with Crippen LogP contribution in [0.1, 0.15) is 49.3 Å². The molecule has 0 radical (unpaired) electrons. The summed E-state index contributed by atoms with van der Waals surface area (Å²) in [6.07, 6.45) is 0.506. The van der Waals surface area contributed by atoms with Gasteiger partial charge in [0.05, 0.1) is 23.2 Å². The van der Waals surface area contributed by atoms with Gasteiger partial charge in [-0.3, -0.25) is 4.79 Å². The molecule has 4 rings (SSSR count). The average molecular weight is 412 g/mol. The predicted octanol–water partition coefficient (Wildman–Crippen LogP) is 3.95. The molecule has 1 aliphatic heterocycles. The monoisotopic (exact) mass is 411 g/mol. The van der Waals surface area contributed by atoms with Gasteiger partial charge in [-0.05, 0) is 29.3 Å². The molecule has 29 heavy (non-hydrogen) atoms. The lowest BCUT2D eigenvalue weighted by Gasteiger charge is -2.15. The van der Waals surface area contributed by atoms with Crippen LogP contribution in [0.3, 0.4) is 0 Å². The molecule has 1 amide bonds. The summed E-state index contributed by atoms with van der Waals surface area (Å²) in [5, 5.41) is 9.68. The molecule has 0 aliphatic carbocycles. The lowest BCUT2D eigenvalue weighted by Crippen LogP contribution is -2.20. The van der Waals surface area contributed by atoms with Crippen LogP contribution in [0.25, 0.3) is 10.8 Å². The molecule has 1 saturated heterocycles. The minimum Gasteiger partial charge on any atom is -0.307 e. The van der Waals surface area contributed by atoms with E-state index < -0.39 is 9.84 Å². The highest BCUT2D eigenvalue weighted by Crippen LogP contribution is 2.31. The fourth-order valence-corrected chi connectivity index (χ4v) is 5.31. The van der Waals surface area contributed by atoms with Gasteiger partial charge in [-0.15, -0.1) is 0 Å². The summed E-state index contributed by atoms with van der Waals surface area (Å²) in [5.41, 5.74) is 1.15. The molecular weight excluding hydrogens is 386 g/mol. The largest absolute Gasteiger partial charge is 0.307 e. The Bertz CT molecular complexity index is 1190. The Labute approximate surface area is 170 Å². The number of aromatic nitrogens is 2. The topological polar surface area (TPSA) is 81.1 Å². The second-order valence-corrected chi connectivity index (χ2v) is 10.9. The number of nitrogens with zero attached hydrogens (tertiary/aromatic N) is 2. The maximum absolute atomic E-state index is 12.9. The smallest absolute Gasteiger partial charge is 0.256 e. The van der Waals surface area contributed by atoms with Gasteiger partial charge >= 0.3 is 0 Å². The Balaban J connectivity index is 1.67. The van der Waals surface area contributed by atoms with Crippen molar-refractivity contribution in [2.45, 2.75) is 38.6 Å². The molecule has 0 unspecified atom stereocenters. The zero-order valence-electron chi connectivity index (χ0n) is 16.8. The van der Waals surface area contributed by atoms with E-state index in [9.17, 15) is 13.2 Å². The fourth-order valence-electron chi connectivity index (χ4n) is 3.62. The second kappa shape index (κ2) is 6.99. The zero-order chi connectivity index (χ0) is 20.8. The summed E-state index contributed by atoms with van der Waals surface area (Å²) in [5.74, 6) is 0.505. The second-order valence-electron chi connectivity index (χ2n) is 8.68. The number of anilines is 1. The molecule has 2 aromatic carbocycles. The number of rotatable bonds is 3. The SMILES string of the molecule is CC(C)(C)c1cc(NC(=O)c2ccc3ccccc3c2)n([C@@H]2CCS(=O)(=O)C2)n1. The normalized spacial score (nSPS) is 18.8. The Kier molecular flexibility index (Phi) is 4.73. The standard InChI is InChI=1S/C22H25N3O3S/c1-22(2,3)19-13-20(25(24-19)18-10-11-29(27,28)14-18)23-21(26)17-9-8-15-6-4-5-7-16(15)12-17/h4-9,12-13,18H,10-11,14H2,1-3H3,(H,23,26)/t18-/m1/s1. The number of hydrogen-bond acceptors (Lipinski definition) is 4. The van der Waals surface area contributed by atoms with Crippen molar-refractivity contribution in [3.8, 4) is 0 Å². The van der Waals surface area contributed by atoms with Crippen LogP contribution in [-0.2, 0) is 15.3 Å². The molecule has 6 nitrogen and oxygen atoms in total. The molecule has 0 saturated carbocycles. The van der Waals surface area contributed by atoms with E-state index in [-0.39, 0.29) is 28.9 Å². The van der Waals surface area contributed by atoms with Crippen LogP contribution in [0, 0.1) is 0 Å². The quantitative estimate of drug-likeness (QED) is 0.708. The number of benzene rings is 2. The van der Waals surface area contributed by atoms with Crippen LogP contribution in [0.4, 0.5) is 5.82 Å². The van der Waals surface area contributed by atoms with Gasteiger partial charge in [-0.2, -0.15) is 5.10 Å². The maximum Gasteiger partial charge on any atom is 0.256 e. The van der Waals surface area contributed by atoms with Gasteiger partial charge in [0.1, 0.15) is 5.82 Å². The first-order valence-corrected chi connectivity index (χ1v) is 11.6. The van der Waals surface area contributed by atoms with E-state index in [1.807, 2.05) is 63.2 Å². The maximum atomic E-state index is 12.9. The van der Waals surface area contributed by atoms with E-state index in [0.717, 1.165) is 16.5 Å². The first-order valence-electron chi connectivity index (χ1n) is 9.73. The summed E-state index contributed by atoms with van der Waals surface area (Å²) in [6.45, 7) is 6.12. The molecule has 3 aromatic rings. The Morgan fingerprint density at radius 2 is 1.83 bits per heavy atom. The van der Waals surface area contributed by atoms with E-state index in [4.69, 9.17) is 0 Å². The molecule has 0 spiro atoms. The van der Waals surface area contributed by atoms with Crippen molar-refractivity contribution >= 4 is 32.3 Å². The molecule has 7 heteroatoms.